The summed E-state index contributed by atoms with van der Waals surface area (Å²) in [4.78, 5) is 0. The minimum absolute atomic E-state index is 0.293. The summed E-state index contributed by atoms with van der Waals surface area (Å²) >= 11 is 0. The highest BCUT2D eigenvalue weighted by molar-refractivity contribution is 6.62. The lowest BCUT2D eigenvalue weighted by Crippen LogP contribution is -2.67. The molecule has 0 bridgehead atoms. The molecular weight excluding hydrogens is 270 g/mol. The average molecular weight is 302 g/mol. The standard InChI is InChI=1S/C15H31NO3Si/c1-4-17-20(18-5-2,19-6-3)15-14-10-8-7-9-13(14)11-12-16-15/h13-16H,4-12H2,1-3H3. The Bertz CT molecular complexity index is 271. The summed E-state index contributed by atoms with van der Waals surface area (Å²) in [6.45, 7) is 9.21. The van der Waals surface area contributed by atoms with Gasteiger partial charge in [0.05, 0.1) is 5.67 Å². The van der Waals surface area contributed by atoms with Gasteiger partial charge in [-0.1, -0.05) is 19.3 Å². The summed E-state index contributed by atoms with van der Waals surface area (Å²) in [5.41, 5.74) is 0.293. The molecule has 0 spiro atoms. The fourth-order valence-electron chi connectivity index (χ4n) is 3.99. The molecule has 3 unspecified atom stereocenters. The molecule has 0 amide bonds. The van der Waals surface area contributed by atoms with Gasteiger partial charge in [-0.2, -0.15) is 0 Å². The van der Waals surface area contributed by atoms with Gasteiger partial charge in [-0.15, -0.1) is 0 Å². The first kappa shape index (κ1) is 16.4. The van der Waals surface area contributed by atoms with Crippen LogP contribution in [0.1, 0.15) is 52.9 Å². The molecule has 20 heavy (non-hydrogen) atoms. The predicted molar refractivity (Wildman–Crippen MR) is 82.5 cm³/mol. The van der Waals surface area contributed by atoms with Crippen molar-refractivity contribution in [1.29, 1.82) is 0 Å². The maximum Gasteiger partial charge on any atom is 0.519 e. The number of hydrogen-bond acceptors (Lipinski definition) is 4. The van der Waals surface area contributed by atoms with Gasteiger partial charge in [0.2, 0.25) is 0 Å². The molecule has 0 aromatic carbocycles. The van der Waals surface area contributed by atoms with Crippen LogP contribution in [0.15, 0.2) is 0 Å². The lowest BCUT2D eigenvalue weighted by molar-refractivity contribution is 0.0297. The van der Waals surface area contributed by atoms with Crippen molar-refractivity contribution < 1.29 is 13.3 Å². The zero-order valence-corrected chi connectivity index (χ0v) is 14.3. The van der Waals surface area contributed by atoms with E-state index in [-0.39, 0.29) is 0 Å². The molecule has 1 aliphatic carbocycles. The molecular formula is C15H31NO3Si. The second kappa shape index (κ2) is 7.89. The van der Waals surface area contributed by atoms with Crippen LogP contribution >= 0.6 is 0 Å². The van der Waals surface area contributed by atoms with Crippen LogP contribution in [0.3, 0.4) is 0 Å². The number of hydrogen-bond donors (Lipinski definition) is 1. The fourth-order valence-corrected chi connectivity index (χ4v) is 7.35. The van der Waals surface area contributed by atoms with E-state index in [9.17, 15) is 0 Å². The molecule has 3 atom stereocenters. The largest absolute Gasteiger partial charge is 0.519 e. The van der Waals surface area contributed by atoms with E-state index in [2.05, 4.69) is 5.32 Å². The Kier molecular flexibility index (Phi) is 6.48. The van der Waals surface area contributed by atoms with Gasteiger partial charge < -0.3 is 18.6 Å². The van der Waals surface area contributed by atoms with Crippen molar-refractivity contribution in [3.8, 4) is 0 Å². The quantitative estimate of drug-likeness (QED) is 0.734. The van der Waals surface area contributed by atoms with Gasteiger partial charge in [-0.3, -0.25) is 0 Å². The van der Waals surface area contributed by atoms with Crippen molar-refractivity contribution in [2.45, 2.75) is 58.5 Å². The van der Waals surface area contributed by atoms with Gasteiger partial charge in [0, 0.05) is 19.8 Å². The number of fused-ring (bicyclic) bond motifs is 1. The third-order valence-electron chi connectivity index (χ3n) is 4.69. The molecule has 0 aromatic heterocycles. The lowest BCUT2D eigenvalue weighted by Gasteiger charge is -2.47. The Morgan fingerprint density at radius 3 is 2.10 bits per heavy atom. The third kappa shape index (κ3) is 3.44. The Morgan fingerprint density at radius 2 is 1.50 bits per heavy atom. The molecule has 2 aliphatic rings. The highest BCUT2D eigenvalue weighted by Gasteiger charge is 2.55. The van der Waals surface area contributed by atoms with E-state index in [0.717, 1.165) is 12.5 Å². The van der Waals surface area contributed by atoms with Crippen molar-refractivity contribution in [1.82, 2.24) is 5.32 Å². The van der Waals surface area contributed by atoms with Crippen LogP contribution in [-0.2, 0) is 13.3 Å². The van der Waals surface area contributed by atoms with Crippen LogP contribution in [0.2, 0.25) is 0 Å². The van der Waals surface area contributed by atoms with Crippen molar-refractivity contribution in [2.75, 3.05) is 26.4 Å². The number of rotatable bonds is 7. The number of nitrogens with one attached hydrogen (secondary N) is 1. The summed E-state index contributed by atoms with van der Waals surface area (Å²) in [6, 6.07) is 0. The van der Waals surface area contributed by atoms with Gasteiger partial charge in [-0.05, 0) is 52.0 Å². The van der Waals surface area contributed by atoms with E-state index in [1.807, 2.05) is 20.8 Å². The molecule has 1 N–H and O–H groups in total. The average Bonchev–Trinajstić information content (AvgIpc) is 2.47. The third-order valence-corrected chi connectivity index (χ3v) is 8.16. The maximum atomic E-state index is 6.13. The van der Waals surface area contributed by atoms with Crippen molar-refractivity contribution in [2.24, 2.45) is 11.8 Å². The van der Waals surface area contributed by atoms with Crippen LogP contribution in [0.25, 0.3) is 0 Å². The first-order valence-corrected chi connectivity index (χ1v) is 10.2. The minimum atomic E-state index is -2.61. The molecule has 0 radical (unpaired) electrons. The molecule has 1 saturated heterocycles. The normalized spacial score (nSPS) is 31.1. The van der Waals surface area contributed by atoms with Crippen LogP contribution in [0, 0.1) is 11.8 Å². The smallest absolute Gasteiger partial charge is 0.373 e. The van der Waals surface area contributed by atoms with Crippen LogP contribution in [0.5, 0.6) is 0 Å². The van der Waals surface area contributed by atoms with Crippen LogP contribution in [0.4, 0.5) is 0 Å². The fraction of sp³-hybridized carbons (Fsp3) is 1.00. The highest BCUT2D eigenvalue weighted by atomic mass is 28.4. The first-order valence-electron chi connectivity index (χ1n) is 8.42. The molecule has 1 aliphatic heterocycles. The Morgan fingerprint density at radius 1 is 0.900 bits per heavy atom. The van der Waals surface area contributed by atoms with Gasteiger partial charge in [0.15, 0.2) is 0 Å². The topological polar surface area (TPSA) is 39.7 Å². The second-order valence-corrected chi connectivity index (χ2v) is 8.53. The zero-order valence-electron chi connectivity index (χ0n) is 13.3. The van der Waals surface area contributed by atoms with Gasteiger partial charge >= 0.3 is 8.80 Å². The Hall–Kier alpha value is 0.0569. The molecule has 1 heterocycles. The molecule has 1 saturated carbocycles. The van der Waals surface area contributed by atoms with Crippen LogP contribution in [-0.4, -0.2) is 40.8 Å². The van der Waals surface area contributed by atoms with Gasteiger partial charge in [0.25, 0.3) is 0 Å². The van der Waals surface area contributed by atoms with Crippen molar-refractivity contribution >= 4 is 8.80 Å². The maximum absolute atomic E-state index is 6.13. The van der Waals surface area contributed by atoms with Gasteiger partial charge in [0.1, 0.15) is 0 Å². The first-order chi connectivity index (χ1) is 9.77. The van der Waals surface area contributed by atoms with E-state index >= 15 is 0 Å². The van der Waals surface area contributed by atoms with E-state index in [4.69, 9.17) is 13.3 Å². The van der Waals surface area contributed by atoms with Crippen LogP contribution < -0.4 is 5.32 Å². The van der Waals surface area contributed by atoms with E-state index < -0.39 is 8.80 Å². The summed E-state index contributed by atoms with van der Waals surface area (Å²) in [5, 5.41) is 3.70. The zero-order chi connectivity index (χ0) is 14.4. The monoisotopic (exact) mass is 301 g/mol. The lowest BCUT2D eigenvalue weighted by atomic mass is 9.75. The summed E-state index contributed by atoms with van der Waals surface area (Å²) in [7, 11) is -2.61. The second-order valence-electron chi connectivity index (χ2n) is 5.83. The van der Waals surface area contributed by atoms with E-state index in [1.165, 1.54) is 32.1 Å². The van der Waals surface area contributed by atoms with Gasteiger partial charge in [-0.25, -0.2) is 0 Å². The molecule has 2 rings (SSSR count). The SMILES string of the molecule is CCO[Si](OCC)(OCC)C1NCCC2CCCCC21. The summed E-state index contributed by atoms with van der Waals surface area (Å²) in [5.74, 6) is 1.51. The molecule has 2 fully saturated rings. The molecule has 4 nitrogen and oxygen atoms in total. The molecule has 5 heteroatoms. The molecule has 118 valence electrons. The van der Waals surface area contributed by atoms with E-state index in [1.54, 1.807) is 0 Å². The summed E-state index contributed by atoms with van der Waals surface area (Å²) in [6.07, 6.45) is 6.70. The Balaban J connectivity index is 2.19. The van der Waals surface area contributed by atoms with Crippen molar-refractivity contribution in [3.05, 3.63) is 0 Å². The van der Waals surface area contributed by atoms with E-state index in [0.29, 0.717) is 31.4 Å². The number of piperidine rings is 1. The molecule has 0 aromatic rings. The summed E-state index contributed by atoms with van der Waals surface area (Å²) < 4.78 is 18.4. The van der Waals surface area contributed by atoms with Crippen molar-refractivity contribution in [3.63, 3.8) is 0 Å². The minimum Gasteiger partial charge on any atom is -0.373 e. The predicted octanol–water partition coefficient (Wildman–Crippen LogP) is 2.74. The highest BCUT2D eigenvalue weighted by Crippen LogP contribution is 2.40. The Labute approximate surface area is 124 Å².